The molecule has 0 unspecified atom stereocenters. The van der Waals surface area contributed by atoms with Gasteiger partial charge >= 0.3 is 5.97 Å². The number of hydrogen-bond acceptors (Lipinski definition) is 2. The van der Waals surface area contributed by atoms with Crippen molar-refractivity contribution < 1.29 is 14.7 Å². The molecule has 2 atom stereocenters. The maximum absolute atomic E-state index is 13.2. The fraction of sp³-hybridized carbons (Fsp3) is 0.200. The molecule has 24 heavy (non-hydrogen) atoms. The summed E-state index contributed by atoms with van der Waals surface area (Å²) in [7, 11) is 0. The van der Waals surface area contributed by atoms with Crippen LogP contribution < -0.4 is 4.90 Å². The normalized spacial score (nSPS) is 19.7. The van der Waals surface area contributed by atoms with Gasteiger partial charge < -0.3 is 5.11 Å². The lowest BCUT2D eigenvalue weighted by Crippen LogP contribution is -2.39. The van der Waals surface area contributed by atoms with Crippen molar-refractivity contribution in [1.82, 2.24) is 0 Å². The third-order valence-corrected chi connectivity index (χ3v) is 4.32. The molecule has 1 N–H and O–H groups in total. The molecule has 2 aromatic carbocycles. The molecule has 1 amide bonds. The lowest BCUT2D eigenvalue weighted by Gasteiger charge is -2.31. The second kappa shape index (κ2) is 7.13. The molecule has 1 aliphatic rings. The van der Waals surface area contributed by atoms with Gasteiger partial charge in [-0.15, -0.1) is 0 Å². The molecule has 0 aromatic heterocycles. The monoisotopic (exact) mass is 321 g/mol. The largest absolute Gasteiger partial charge is 0.481 e. The zero-order valence-electron chi connectivity index (χ0n) is 13.2. The van der Waals surface area contributed by atoms with Crippen LogP contribution in [0.1, 0.15) is 12.8 Å². The molecule has 0 heterocycles. The molecule has 4 heteroatoms. The molecule has 3 rings (SSSR count). The van der Waals surface area contributed by atoms with E-state index in [9.17, 15) is 14.7 Å². The fourth-order valence-electron chi connectivity index (χ4n) is 3.08. The van der Waals surface area contributed by atoms with E-state index in [1.165, 1.54) is 0 Å². The number of benzene rings is 2. The van der Waals surface area contributed by atoms with Gasteiger partial charge in [0.1, 0.15) is 0 Å². The van der Waals surface area contributed by atoms with E-state index in [4.69, 9.17) is 0 Å². The van der Waals surface area contributed by atoms with Crippen LogP contribution in [-0.2, 0) is 9.59 Å². The third kappa shape index (κ3) is 3.23. The maximum atomic E-state index is 13.2. The zero-order chi connectivity index (χ0) is 16.9. The number of anilines is 2. The number of allylic oxidation sites excluding steroid dienone is 2. The van der Waals surface area contributed by atoms with Crippen molar-refractivity contribution in [2.24, 2.45) is 11.8 Å². The summed E-state index contributed by atoms with van der Waals surface area (Å²) in [6.45, 7) is 0. The number of carbonyl (C=O) groups is 2. The first-order valence-electron chi connectivity index (χ1n) is 8.00. The van der Waals surface area contributed by atoms with Crippen LogP contribution in [0.5, 0.6) is 0 Å². The first-order valence-corrected chi connectivity index (χ1v) is 8.00. The third-order valence-electron chi connectivity index (χ3n) is 4.32. The topological polar surface area (TPSA) is 57.6 Å². The Kier molecular flexibility index (Phi) is 4.75. The molecule has 0 fully saturated rings. The van der Waals surface area contributed by atoms with Crippen molar-refractivity contribution in [3.8, 4) is 0 Å². The quantitative estimate of drug-likeness (QED) is 0.865. The lowest BCUT2D eigenvalue weighted by atomic mass is 9.82. The minimum absolute atomic E-state index is 0.177. The molecule has 0 spiro atoms. The van der Waals surface area contributed by atoms with E-state index in [1.807, 2.05) is 72.8 Å². The second-order valence-electron chi connectivity index (χ2n) is 5.84. The van der Waals surface area contributed by atoms with E-state index in [0.29, 0.717) is 12.8 Å². The Morgan fingerprint density at radius 1 is 0.792 bits per heavy atom. The van der Waals surface area contributed by atoms with Gasteiger partial charge in [-0.05, 0) is 37.1 Å². The lowest BCUT2D eigenvalue weighted by molar-refractivity contribution is -0.146. The van der Waals surface area contributed by atoms with Crippen LogP contribution in [0, 0.1) is 11.8 Å². The Morgan fingerprint density at radius 3 is 1.71 bits per heavy atom. The Labute approximate surface area is 141 Å². The van der Waals surface area contributed by atoms with Crippen molar-refractivity contribution in [2.45, 2.75) is 12.8 Å². The average molecular weight is 321 g/mol. The molecule has 4 nitrogen and oxygen atoms in total. The predicted octanol–water partition coefficient (Wildman–Crippen LogP) is 4.02. The van der Waals surface area contributed by atoms with Gasteiger partial charge in [-0.2, -0.15) is 0 Å². The predicted molar refractivity (Wildman–Crippen MR) is 93.0 cm³/mol. The maximum Gasteiger partial charge on any atom is 0.307 e. The Balaban J connectivity index is 2.01. The molecule has 122 valence electrons. The second-order valence-corrected chi connectivity index (χ2v) is 5.84. The molecule has 0 aliphatic heterocycles. The van der Waals surface area contributed by atoms with E-state index >= 15 is 0 Å². The van der Waals surface area contributed by atoms with Crippen LogP contribution in [0.15, 0.2) is 72.8 Å². The van der Waals surface area contributed by atoms with E-state index in [2.05, 4.69) is 0 Å². The first kappa shape index (κ1) is 16.0. The minimum atomic E-state index is -0.918. The first-order chi connectivity index (χ1) is 11.7. The number of carboxylic acid groups (broad SMARTS) is 1. The summed E-state index contributed by atoms with van der Waals surface area (Å²) in [4.78, 5) is 26.4. The molecule has 0 saturated carbocycles. The standard InChI is InChI=1S/C20H19NO3/c22-19(17-13-7-8-14-18(17)20(23)24)21(15-9-3-1-4-10-15)16-11-5-2-6-12-16/h1-12,17-18H,13-14H2,(H,23,24)/t17-,18-/m0/s1. The smallest absolute Gasteiger partial charge is 0.307 e. The number of aliphatic carboxylic acids is 1. The van der Waals surface area contributed by atoms with Gasteiger partial charge in [-0.25, -0.2) is 0 Å². The van der Waals surface area contributed by atoms with Crippen molar-refractivity contribution in [3.63, 3.8) is 0 Å². The summed E-state index contributed by atoms with van der Waals surface area (Å²) in [6, 6.07) is 18.7. The number of carboxylic acids is 1. The molecular weight excluding hydrogens is 302 g/mol. The highest BCUT2D eigenvalue weighted by Gasteiger charge is 2.37. The number of nitrogens with zero attached hydrogens (tertiary/aromatic N) is 1. The molecule has 2 aromatic rings. The van der Waals surface area contributed by atoms with Crippen LogP contribution in [0.3, 0.4) is 0 Å². The molecule has 0 bridgehead atoms. The molecule has 0 saturated heterocycles. The van der Waals surface area contributed by atoms with Gasteiger partial charge in [0, 0.05) is 11.4 Å². The summed E-state index contributed by atoms with van der Waals surface area (Å²) in [6.07, 6.45) is 4.59. The van der Waals surface area contributed by atoms with Crippen molar-refractivity contribution >= 4 is 23.3 Å². The van der Waals surface area contributed by atoms with Crippen LogP contribution in [0.25, 0.3) is 0 Å². The van der Waals surface area contributed by atoms with Gasteiger partial charge in [0.25, 0.3) is 0 Å². The van der Waals surface area contributed by atoms with Gasteiger partial charge in [0.15, 0.2) is 0 Å². The van der Waals surface area contributed by atoms with Crippen LogP contribution in [-0.4, -0.2) is 17.0 Å². The highest BCUT2D eigenvalue weighted by molar-refractivity contribution is 6.03. The molecule has 1 aliphatic carbocycles. The number of para-hydroxylation sites is 2. The average Bonchev–Trinajstić information content (AvgIpc) is 2.63. The van der Waals surface area contributed by atoms with Gasteiger partial charge in [0.05, 0.1) is 11.8 Å². The van der Waals surface area contributed by atoms with E-state index in [-0.39, 0.29) is 5.91 Å². The van der Waals surface area contributed by atoms with Crippen LogP contribution >= 0.6 is 0 Å². The SMILES string of the molecule is O=C(O)[C@H]1CC=CC[C@@H]1C(=O)N(c1ccccc1)c1ccccc1. The van der Waals surface area contributed by atoms with Gasteiger partial charge in [0.2, 0.25) is 5.91 Å². The van der Waals surface area contributed by atoms with Crippen LogP contribution in [0.2, 0.25) is 0 Å². The number of rotatable bonds is 4. The number of hydrogen-bond donors (Lipinski definition) is 1. The Bertz CT molecular complexity index is 700. The highest BCUT2D eigenvalue weighted by Crippen LogP contribution is 2.33. The summed E-state index contributed by atoms with van der Waals surface area (Å²) >= 11 is 0. The molecular formula is C20H19NO3. The summed E-state index contributed by atoms with van der Waals surface area (Å²) in [5.41, 5.74) is 1.49. The van der Waals surface area contributed by atoms with Gasteiger partial charge in [-0.3, -0.25) is 14.5 Å². The van der Waals surface area contributed by atoms with E-state index in [1.54, 1.807) is 4.90 Å². The Morgan fingerprint density at radius 2 is 1.25 bits per heavy atom. The Hall–Kier alpha value is -2.88. The van der Waals surface area contributed by atoms with E-state index < -0.39 is 17.8 Å². The number of carbonyl (C=O) groups excluding carboxylic acids is 1. The zero-order valence-corrected chi connectivity index (χ0v) is 13.2. The van der Waals surface area contributed by atoms with E-state index in [0.717, 1.165) is 11.4 Å². The summed E-state index contributed by atoms with van der Waals surface area (Å²) in [5.74, 6) is -2.34. The summed E-state index contributed by atoms with van der Waals surface area (Å²) in [5, 5.41) is 9.48. The van der Waals surface area contributed by atoms with Gasteiger partial charge in [-0.1, -0.05) is 48.6 Å². The molecule has 0 radical (unpaired) electrons. The summed E-state index contributed by atoms with van der Waals surface area (Å²) < 4.78 is 0. The van der Waals surface area contributed by atoms with Crippen molar-refractivity contribution in [3.05, 3.63) is 72.8 Å². The van der Waals surface area contributed by atoms with Crippen LogP contribution in [0.4, 0.5) is 11.4 Å². The minimum Gasteiger partial charge on any atom is -0.481 e. The number of amides is 1. The van der Waals surface area contributed by atoms with Crippen molar-refractivity contribution in [1.29, 1.82) is 0 Å². The fourth-order valence-corrected chi connectivity index (χ4v) is 3.08. The highest BCUT2D eigenvalue weighted by atomic mass is 16.4. The van der Waals surface area contributed by atoms with Crippen molar-refractivity contribution in [2.75, 3.05) is 4.90 Å².